The fourth-order valence-electron chi connectivity index (χ4n) is 1.46. The SMILES string of the molecule is CCC(CC)(CCl)CNCCS(=O)(=O)CC. The van der Waals surface area contributed by atoms with Crippen LogP contribution in [0.5, 0.6) is 0 Å². The van der Waals surface area contributed by atoms with E-state index < -0.39 is 9.84 Å². The second kappa shape index (κ2) is 7.51. The molecule has 98 valence electrons. The number of halogens is 1. The monoisotopic (exact) mass is 269 g/mol. The van der Waals surface area contributed by atoms with Crippen molar-refractivity contribution in [2.75, 3.05) is 30.5 Å². The van der Waals surface area contributed by atoms with Crippen LogP contribution in [0.3, 0.4) is 0 Å². The summed E-state index contributed by atoms with van der Waals surface area (Å²) in [6, 6.07) is 0. The van der Waals surface area contributed by atoms with Crippen molar-refractivity contribution >= 4 is 21.4 Å². The second-order valence-electron chi connectivity index (χ2n) is 4.25. The van der Waals surface area contributed by atoms with Crippen LogP contribution >= 0.6 is 11.6 Å². The van der Waals surface area contributed by atoms with E-state index in [1.54, 1.807) is 6.92 Å². The van der Waals surface area contributed by atoms with Gasteiger partial charge in [0.1, 0.15) is 0 Å². The third-order valence-corrected chi connectivity index (χ3v) is 5.59. The van der Waals surface area contributed by atoms with Crippen molar-refractivity contribution in [3.8, 4) is 0 Å². The van der Waals surface area contributed by atoms with E-state index in [1.807, 2.05) is 0 Å². The van der Waals surface area contributed by atoms with Crippen LogP contribution in [0.25, 0.3) is 0 Å². The van der Waals surface area contributed by atoms with Crippen molar-refractivity contribution in [2.45, 2.75) is 33.6 Å². The number of rotatable bonds is 9. The summed E-state index contributed by atoms with van der Waals surface area (Å²) < 4.78 is 22.5. The van der Waals surface area contributed by atoms with Crippen molar-refractivity contribution in [3.63, 3.8) is 0 Å². The molecule has 0 saturated carbocycles. The van der Waals surface area contributed by atoms with Gasteiger partial charge in [-0.3, -0.25) is 0 Å². The van der Waals surface area contributed by atoms with E-state index in [-0.39, 0.29) is 16.9 Å². The fraction of sp³-hybridized carbons (Fsp3) is 1.00. The number of nitrogens with one attached hydrogen (secondary N) is 1. The largest absolute Gasteiger partial charge is 0.315 e. The maximum absolute atomic E-state index is 11.3. The molecule has 0 saturated heterocycles. The van der Waals surface area contributed by atoms with E-state index >= 15 is 0 Å². The zero-order valence-corrected chi connectivity index (χ0v) is 12.1. The average Bonchev–Trinajstić information content (AvgIpc) is 2.30. The van der Waals surface area contributed by atoms with Crippen LogP contribution in [0.2, 0.25) is 0 Å². The van der Waals surface area contributed by atoms with Crippen LogP contribution < -0.4 is 5.32 Å². The first kappa shape index (κ1) is 16.2. The first-order valence-electron chi connectivity index (χ1n) is 5.92. The molecule has 0 rings (SSSR count). The molecule has 0 bridgehead atoms. The van der Waals surface area contributed by atoms with Gasteiger partial charge < -0.3 is 5.32 Å². The minimum atomic E-state index is -2.85. The van der Waals surface area contributed by atoms with E-state index in [9.17, 15) is 8.42 Å². The Kier molecular flexibility index (Phi) is 7.61. The molecule has 0 heterocycles. The first-order valence-corrected chi connectivity index (χ1v) is 8.28. The van der Waals surface area contributed by atoms with E-state index in [2.05, 4.69) is 19.2 Å². The summed E-state index contributed by atoms with van der Waals surface area (Å²) in [6.45, 7) is 7.24. The molecular weight excluding hydrogens is 246 g/mol. The molecule has 0 unspecified atom stereocenters. The minimum absolute atomic E-state index is 0.109. The number of sulfone groups is 1. The summed E-state index contributed by atoms with van der Waals surface area (Å²) in [5.41, 5.74) is 0.109. The predicted molar refractivity (Wildman–Crippen MR) is 70.9 cm³/mol. The lowest BCUT2D eigenvalue weighted by molar-refractivity contribution is 0.289. The van der Waals surface area contributed by atoms with Crippen molar-refractivity contribution in [1.29, 1.82) is 0 Å². The summed E-state index contributed by atoms with van der Waals surface area (Å²) in [5.74, 6) is 1.06. The molecule has 0 radical (unpaired) electrons. The molecule has 16 heavy (non-hydrogen) atoms. The third kappa shape index (κ3) is 5.51. The lowest BCUT2D eigenvalue weighted by atomic mass is 9.84. The first-order chi connectivity index (χ1) is 7.45. The van der Waals surface area contributed by atoms with Crippen molar-refractivity contribution in [3.05, 3.63) is 0 Å². The topological polar surface area (TPSA) is 46.2 Å². The van der Waals surface area contributed by atoms with E-state index in [4.69, 9.17) is 11.6 Å². The highest BCUT2D eigenvalue weighted by atomic mass is 35.5. The van der Waals surface area contributed by atoms with Crippen LogP contribution in [0.15, 0.2) is 0 Å². The Morgan fingerprint density at radius 3 is 2.12 bits per heavy atom. The normalized spacial score (nSPS) is 13.0. The molecule has 0 aliphatic carbocycles. The molecule has 0 amide bonds. The molecule has 0 aliphatic rings. The molecule has 0 aromatic rings. The highest BCUT2D eigenvalue weighted by molar-refractivity contribution is 7.91. The smallest absolute Gasteiger partial charge is 0.151 e. The van der Waals surface area contributed by atoms with E-state index in [1.165, 1.54) is 0 Å². The summed E-state index contributed by atoms with van der Waals surface area (Å²) in [6.07, 6.45) is 2.03. The summed E-state index contributed by atoms with van der Waals surface area (Å²) >= 11 is 5.96. The molecular formula is C11H24ClNO2S. The number of hydrogen-bond acceptors (Lipinski definition) is 3. The second-order valence-corrected chi connectivity index (χ2v) is 6.99. The maximum Gasteiger partial charge on any atom is 0.151 e. The van der Waals surface area contributed by atoms with E-state index in [0.717, 1.165) is 19.4 Å². The van der Waals surface area contributed by atoms with Crippen LogP contribution in [0, 0.1) is 5.41 Å². The third-order valence-electron chi connectivity index (χ3n) is 3.31. The maximum atomic E-state index is 11.3. The minimum Gasteiger partial charge on any atom is -0.315 e. The predicted octanol–water partition coefficient (Wildman–Crippen LogP) is 2.06. The summed E-state index contributed by atoms with van der Waals surface area (Å²) in [4.78, 5) is 0. The van der Waals surface area contributed by atoms with Gasteiger partial charge in [0, 0.05) is 24.7 Å². The Bertz CT molecular complexity index is 265. The quantitative estimate of drug-likeness (QED) is 0.515. The Morgan fingerprint density at radius 1 is 1.19 bits per heavy atom. The van der Waals surface area contributed by atoms with Crippen molar-refractivity contribution in [1.82, 2.24) is 5.32 Å². The molecule has 0 atom stereocenters. The van der Waals surface area contributed by atoms with Gasteiger partial charge in [0.25, 0.3) is 0 Å². The van der Waals surface area contributed by atoms with E-state index in [0.29, 0.717) is 12.4 Å². The molecule has 0 spiro atoms. The Morgan fingerprint density at radius 2 is 1.75 bits per heavy atom. The van der Waals surface area contributed by atoms with Crippen molar-refractivity contribution < 1.29 is 8.42 Å². The van der Waals surface area contributed by atoms with Gasteiger partial charge in [-0.2, -0.15) is 0 Å². The molecule has 0 aliphatic heterocycles. The van der Waals surface area contributed by atoms with Crippen LogP contribution in [-0.2, 0) is 9.84 Å². The average molecular weight is 270 g/mol. The Balaban J connectivity index is 3.97. The Hall–Kier alpha value is 0.200. The molecule has 0 aromatic carbocycles. The van der Waals surface area contributed by atoms with Gasteiger partial charge >= 0.3 is 0 Å². The zero-order valence-electron chi connectivity index (χ0n) is 10.6. The molecule has 0 aromatic heterocycles. The lowest BCUT2D eigenvalue weighted by Crippen LogP contribution is -2.37. The van der Waals surface area contributed by atoms with Gasteiger partial charge in [-0.15, -0.1) is 11.6 Å². The van der Waals surface area contributed by atoms with Gasteiger partial charge in [0.05, 0.1) is 5.75 Å². The van der Waals surface area contributed by atoms with Crippen molar-refractivity contribution in [2.24, 2.45) is 5.41 Å². The van der Waals surface area contributed by atoms with Gasteiger partial charge in [-0.05, 0) is 18.3 Å². The number of alkyl halides is 1. The molecule has 1 N–H and O–H groups in total. The summed E-state index contributed by atoms with van der Waals surface area (Å²) in [7, 11) is -2.85. The van der Waals surface area contributed by atoms with Crippen LogP contribution in [0.4, 0.5) is 0 Å². The van der Waals surface area contributed by atoms with Crippen LogP contribution in [-0.4, -0.2) is 38.9 Å². The van der Waals surface area contributed by atoms with Gasteiger partial charge in [0.15, 0.2) is 9.84 Å². The highest BCUT2D eigenvalue weighted by Gasteiger charge is 2.24. The van der Waals surface area contributed by atoms with Gasteiger partial charge in [-0.25, -0.2) is 8.42 Å². The molecule has 5 heteroatoms. The number of hydrogen-bond donors (Lipinski definition) is 1. The standard InChI is InChI=1S/C11H24ClNO2S/c1-4-11(5-2,9-12)10-13-7-8-16(14,15)6-3/h13H,4-10H2,1-3H3. The zero-order chi connectivity index (χ0) is 12.7. The van der Waals surface area contributed by atoms with Gasteiger partial charge in [-0.1, -0.05) is 20.8 Å². The van der Waals surface area contributed by atoms with Crippen LogP contribution in [0.1, 0.15) is 33.6 Å². The lowest BCUT2D eigenvalue weighted by Gasteiger charge is -2.29. The highest BCUT2D eigenvalue weighted by Crippen LogP contribution is 2.26. The molecule has 0 fully saturated rings. The molecule has 3 nitrogen and oxygen atoms in total. The summed E-state index contributed by atoms with van der Waals surface area (Å²) in [5, 5.41) is 3.21. The fourth-order valence-corrected chi connectivity index (χ4v) is 2.68. The Labute approximate surface area is 105 Å². The van der Waals surface area contributed by atoms with Gasteiger partial charge in [0.2, 0.25) is 0 Å².